The summed E-state index contributed by atoms with van der Waals surface area (Å²) in [5.41, 5.74) is 3.83. The van der Waals surface area contributed by atoms with Crippen LogP contribution in [0.4, 0.5) is 11.6 Å². The standard InChI is InChI=1S/C20H16Cl2N6/c1-12-3-5-14(6-4-12)17-7-8-18(26-25-17)24-19-9-13(2)27-28(19)20-16(22)10-15(21)11-23-20/h3-11H,1-2H3,(H,24,26). The van der Waals surface area contributed by atoms with Crippen molar-refractivity contribution in [2.75, 3.05) is 5.32 Å². The highest BCUT2D eigenvalue weighted by atomic mass is 35.5. The SMILES string of the molecule is Cc1ccc(-c2ccc(Nc3cc(C)nn3-c3ncc(Cl)cc3Cl)nn2)cc1. The highest BCUT2D eigenvalue weighted by Crippen LogP contribution is 2.26. The van der Waals surface area contributed by atoms with Gasteiger partial charge in [-0.15, -0.1) is 10.2 Å². The maximum absolute atomic E-state index is 6.28. The Balaban J connectivity index is 1.62. The molecule has 0 saturated carbocycles. The van der Waals surface area contributed by atoms with Gasteiger partial charge in [-0.05, 0) is 32.0 Å². The van der Waals surface area contributed by atoms with Crippen LogP contribution in [0.15, 0.2) is 54.7 Å². The van der Waals surface area contributed by atoms with Gasteiger partial charge in [0.15, 0.2) is 11.6 Å². The average molecular weight is 411 g/mol. The molecular formula is C20H16Cl2N6. The number of nitrogens with one attached hydrogen (secondary N) is 1. The number of nitrogens with zero attached hydrogens (tertiary/aromatic N) is 5. The third-order valence-corrected chi connectivity index (χ3v) is 4.57. The molecule has 0 aliphatic rings. The van der Waals surface area contributed by atoms with Crippen molar-refractivity contribution < 1.29 is 0 Å². The molecule has 0 aliphatic heterocycles. The van der Waals surface area contributed by atoms with E-state index in [9.17, 15) is 0 Å². The number of hydrogen-bond donors (Lipinski definition) is 1. The molecule has 0 saturated heterocycles. The van der Waals surface area contributed by atoms with Gasteiger partial charge in [0, 0.05) is 17.8 Å². The number of benzene rings is 1. The van der Waals surface area contributed by atoms with Crippen LogP contribution in [0.1, 0.15) is 11.3 Å². The van der Waals surface area contributed by atoms with Crippen molar-refractivity contribution in [2.24, 2.45) is 0 Å². The summed E-state index contributed by atoms with van der Waals surface area (Å²) >= 11 is 12.2. The Hall–Kier alpha value is -2.96. The molecule has 0 bridgehead atoms. The summed E-state index contributed by atoms with van der Waals surface area (Å²) in [7, 11) is 0. The molecule has 0 aliphatic carbocycles. The van der Waals surface area contributed by atoms with Crippen molar-refractivity contribution >= 4 is 34.8 Å². The van der Waals surface area contributed by atoms with Gasteiger partial charge in [-0.3, -0.25) is 0 Å². The zero-order chi connectivity index (χ0) is 19.7. The Morgan fingerprint density at radius 1 is 0.929 bits per heavy atom. The van der Waals surface area contributed by atoms with Crippen LogP contribution < -0.4 is 5.32 Å². The predicted molar refractivity (Wildman–Crippen MR) is 112 cm³/mol. The van der Waals surface area contributed by atoms with E-state index < -0.39 is 0 Å². The number of halogens is 2. The molecule has 4 rings (SSSR count). The minimum Gasteiger partial charge on any atom is -0.323 e. The maximum atomic E-state index is 6.28. The Morgan fingerprint density at radius 2 is 1.71 bits per heavy atom. The van der Waals surface area contributed by atoms with Crippen LogP contribution >= 0.6 is 23.2 Å². The van der Waals surface area contributed by atoms with Crippen molar-refractivity contribution in [2.45, 2.75) is 13.8 Å². The molecule has 1 aromatic carbocycles. The lowest BCUT2D eigenvalue weighted by Crippen LogP contribution is -2.06. The van der Waals surface area contributed by atoms with Gasteiger partial charge in [0.2, 0.25) is 0 Å². The molecule has 0 radical (unpaired) electrons. The van der Waals surface area contributed by atoms with Gasteiger partial charge in [0.25, 0.3) is 0 Å². The van der Waals surface area contributed by atoms with E-state index in [1.807, 2.05) is 49.4 Å². The monoisotopic (exact) mass is 410 g/mol. The van der Waals surface area contributed by atoms with Crippen LogP contribution in [0.25, 0.3) is 17.1 Å². The van der Waals surface area contributed by atoms with Gasteiger partial charge in [-0.1, -0.05) is 53.0 Å². The number of anilines is 2. The Bertz CT molecular complexity index is 1120. The van der Waals surface area contributed by atoms with Gasteiger partial charge in [-0.25, -0.2) is 4.98 Å². The van der Waals surface area contributed by atoms with Gasteiger partial charge >= 0.3 is 0 Å². The Morgan fingerprint density at radius 3 is 2.39 bits per heavy atom. The summed E-state index contributed by atoms with van der Waals surface area (Å²) in [6, 6.07) is 15.4. The second-order valence-corrected chi connectivity index (χ2v) is 7.18. The molecule has 8 heteroatoms. The van der Waals surface area contributed by atoms with Crippen LogP contribution in [0, 0.1) is 13.8 Å². The molecule has 0 atom stereocenters. The molecule has 0 fully saturated rings. The number of aryl methyl sites for hydroxylation is 2. The van der Waals surface area contributed by atoms with E-state index in [0.717, 1.165) is 17.0 Å². The lowest BCUT2D eigenvalue weighted by atomic mass is 10.1. The molecular weight excluding hydrogens is 395 g/mol. The summed E-state index contributed by atoms with van der Waals surface area (Å²) in [5, 5.41) is 17.1. The van der Waals surface area contributed by atoms with Crippen molar-refractivity contribution in [3.63, 3.8) is 0 Å². The van der Waals surface area contributed by atoms with Gasteiger partial charge in [-0.2, -0.15) is 9.78 Å². The molecule has 4 aromatic rings. The van der Waals surface area contributed by atoms with Crippen molar-refractivity contribution in [1.29, 1.82) is 0 Å². The molecule has 6 nitrogen and oxygen atoms in total. The van der Waals surface area contributed by atoms with Crippen molar-refractivity contribution in [3.8, 4) is 17.1 Å². The number of rotatable bonds is 4. The van der Waals surface area contributed by atoms with E-state index in [4.69, 9.17) is 23.2 Å². The lowest BCUT2D eigenvalue weighted by molar-refractivity contribution is 0.838. The van der Waals surface area contributed by atoms with E-state index >= 15 is 0 Å². The number of aromatic nitrogens is 5. The van der Waals surface area contributed by atoms with Crippen LogP contribution in [-0.2, 0) is 0 Å². The fourth-order valence-electron chi connectivity index (χ4n) is 2.72. The summed E-state index contributed by atoms with van der Waals surface area (Å²) in [5.74, 6) is 1.74. The lowest BCUT2D eigenvalue weighted by Gasteiger charge is -2.10. The second kappa shape index (κ2) is 7.58. The summed E-state index contributed by atoms with van der Waals surface area (Å²) in [6.45, 7) is 3.94. The maximum Gasteiger partial charge on any atom is 0.174 e. The smallest absolute Gasteiger partial charge is 0.174 e. The Labute approximate surface area is 172 Å². The number of hydrogen-bond acceptors (Lipinski definition) is 5. The quantitative estimate of drug-likeness (QED) is 0.488. The third kappa shape index (κ3) is 3.83. The van der Waals surface area contributed by atoms with Gasteiger partial charge < -0.3 is 5.32 Å². The first-order valence-corrected chi connectivity index (χ1v) is 9.31. The zero-order valence-corrected chi connectivity index (χ0v) is 16.7. The molecule has 0 unspecified atom stereocenters. The van der Waals surface area contributed by atoms with E-state index in [-0.39, 0.29) is 0 Å². The van der Waals surface area contributed by atoms with Crippen LogP contribution in [0.5, 0.6) is 0 Å². The largest absolute Gasteiger partial charge is 0.323 e. The molecule has 140 valence electrons. The topological polar surface area (TPSA) is 68.5 Å². The third-order valence-electron chi connectivity index (χ3n) is 4.09. The van der Waals surface area contributed by atoms with E-state index in [2.05, 4.69) is 32.5 Å². The molecule has 0 spiro atoms. The summed E-state index contributed by atoms with van der Waals surface area (Å²) in [4.78, 5) is 4.29. The predicted octanol–water partition coefficient (Wildman–Crippen LogP) is 5.39. The fourth-order valence-corrected chi connectivity index (χ4v) is 3.18. The Kier molecular flexibility index (Phi) is 4.98. The van der Waals surface area contributed by atoms with Crippen molar-refractivity contribution in [1.82, 2.24) is 25.0 Å². The molecule has 0 amide bonds. The van der Waals surface area contributed by atoms with Gasteiger partial charge in [0.05, 0.1) is 21.4 Å². The minimum absolute atomic E-state index is 0.402. The first-order chi connectivity index (χ1) is 13.5. The molecule has 28 heavy (non-hydrogen) atoms. The van der Waals surface area contributed by atoms with E-state index in [1.165, 1.54) is 11.8 Å². The summed E-state index contributed by atoms with van der Waals surface area (Å²) in [6.07, 6.45) is 1.53. The zero-order valence-electron chi connectivity index (χ0n) is 15.2. The second-order valence-electron chi connectivity index (χ2n) is 6.34. The highest BCUT2D eigenvalue weighted by molar-refractivity contribution is 6.35. The fraction of sp³-hybridized carbons (Fsp3) is 0.100. The normalized spacial score (nSPS) is 10.9. The average Bonchev–Trinajstić information content (AvgIpc) is 3.03. The minimum atomic E-state index is 0.402. The molecule has 3 heterocycles. The molecule has 1 N–H and O–H groups in total. The van der Waals surface area contributed by atoms with Crippen LogP contribution in [0.2, 0.25) is 10.0 Å². The van der Waals surface area contributed by atoms with Crippen molar-refractivity contribution in [3.05, 3.63) is 76.0 Å². The van der Waals surface area contributed by atoms with E-state index in [0.29, 0.717) is 27.5 Å². The van der Waals surface area contributed by atoms with Gasteiger partial charge in [0.1, 0.15) is 5.82 Å². The molecule has 3 aromatic heterocycles. The van der Waals surface area contributed by atoms with E-state index in [1.54, 1.807) is 10.7 Å². The highest BCUT2D eigenvalue weighted by Gasteiger charge is 2.13. The van der Waals surface area contributed by atoms with Crippen LogP contribution in [-0.4, -0.2) is 25.0 Å². The first kappa shape index (κ1) is 18.4. The first-order valence-electron chi connectivity index (χ1n) is 8.55. The summed E-state index contributed by atoms with van der Waals surface area (Å²) < 4.78 is 1.61. The number of pyridine rings is 1. The van der Waals surface area contributed by atoms with Crippen LogP contribution in [0.3, 0.4) is 0 Å².